The third-order valence-electron chi connectivity index (χ3n) is 6.51. The van der Waals surface area contributed by atoms with Gasteiger partial charge in [-0.1, -0.05) is 0 Å². The lowest BCUT2D eigenvalue weighted by Crippen LogP contribution is -2.41. The number of anilines is 3. The van der Waals surface area contributed by atoms with Crippen molar-refractivity contribution < 1.29 is 13.9 Å². The second kappa shape index (κ2) is 8.34. The SMILES string of the molecule is CCOC(=O)[C@]12CCNCC[C@H]1CN(c1ncc(F)c(Nc3ccc4[nH]ncc4c3)n1)C2. The molecular formula is C22H26FN7O2. The van der Waals surface area contributed by atoms with E-state index < -0.39 is 11.2 Å². The van der Waals surface area contributed by atoms with Gasteiger partial charge in [-0.15, -0.1) is 0 Å². The maximum atomic E-state index is 14.5. The van der Waals surface area contributed by atoms with Crippen LogP contribution in [-0.4, -0.2) is 58.9 Å². The maximum Gasteiger partial charge on any atom is 0.314 e. The summed E-state index contributed by atoms with van der Waals surface area (Å²) >= 11 is 0. The molecule has 2 saturated heterocycles. The number of nitrogens with zero attached hydrogens (tertiary/aromatic N) is 4. The average molecular weight is 439 g/mol. The van der Waals surface area contributed by atoms with Crippen LogP contribution in [-0.2, 0) is 9.53 Å². The summed E-state index contributed by atoms with van der Waals surface area (Å²) < 4.78 is 20.0. The van der Waals surface area contributed by atoms with E-state index in [-0.39, 0.29) is 17.7 Å². The predicted octanol–water partition coefficient (Wildman–Crippen LogP) is 2.60. The number of nitrogens with one attached hydrogen (secondary N) is 3. The second-order valence-corrected chi connectivity index (χ2v) is 8.41. The third-order valence-corrected chi connectivity index (χ3v) is 6.51. The first-order valence-corrected chi connectivity index (χ1v) is 10.9. The van der Waals surface area contributed by atoms with Gasteiger partial charge in [-0.25, -0.2) is 9.37 Å². The van der Waals surface area contributed by atoms with Gasteiger partial charge in [0.2, 0.25) is 5.95 Å². The first-order chi connectivity index (χ1) is 15.6. The van der Waals surface area contributed by atoms with E-state index in [0.29, 0.717) is 37.8 Å². The van der Waals surface area contributed by atoms with Crippen molar-refractivity contribution in [3.05, 3.63) is 36.4 Å². The molecule has 32 heavy (non-hydrogen) atoms. The van der Waals surface area contributed by atoms with Crippen LogP contribution in [0.15, 0.2) is 30.6 Å². The Hall–Kier alpha value is -3.27. The molecule has 3 N–H and O–H groups in total. The van der Waals surface area contributed by atoms with Crippen LogP contribution >= 0.6 is 0 Å². The fraction of sp³-hybridized carbons (Fsp3) is 0.455. The summed E-state index contributed by atoms with van der Waals surface area (Å²) in [5.41, 5.74) is 0.994. The Bertz CT molecular complexity index is 1140. The molecule has 4 heterocycles. The Morgan fingerprint density at radius 2 is 2.28 bits per heavy atom. The number of hydrogen-bond acceptors (Lipinski definition) is 8. The molecule has 9 nitrogen and oxygen atoms in total. The van der Waals surface area contributed by atoms with Gasteiger partial charge in [-0.3, -0.25) is 9.89 Å². The van der Waals surface area contributed by atoms with Gasteiger partial charge in [0.05, 0.1) is 29.9 Å². The van der Waals surface area contributed by atoms with Crippen molar-refractivity contribution in [2.45, 2.75) is 19.8 Å². The summed E-state index contributed by atoms with van der Waals surface area (Å²) in [6, 6.07) is 5.57. The van der Waals surface area contributed by atoms with Crippen LogP contribution < -0.4 is 15.5 Å². The molecule has 2 aliphatic heterocycles. The van der Waals surface area contributed by atoms with Crippen molar-refractivity contribution in [1.82, 2.24) is 25.5 Å². The van der Waals surface area contributed by atoms with Crippen LogP contribution in [0.25, 0.3) is 10.9 Å². The maximum absolute atomic E-state index is 14.5. The molecule has 2 fully saturated rings. The van der Waals surface area contributed by atoms with Crippen molar-refractivity contribution in [1.29, 1.82) is 0 Å². The van der Waals surface area contributed by atoms with Crippen LogP contribution in [0.2, 0.25) is 0 Å². The number of rotatable bonds is 5. The van der Waals surface area contributed by atoms with Crippen LogP contribution in [0.1, 0.15) is 19.8 Å². The highest BCUT2D eigenvalue weighted by Crippen LogP contribution is 2.44. The van der Waals surface area contributed by atoms with E-state index in [0.717, 1.165) is 30.4 Å². The molecule has 0 spiro atoms. The summed E-state index contributed by atoms with van der Waals surface area (Å²) in [4.78, 5) is 23.7. The molecule has 0 bridgehead atoms. The third kappa shape index (κ3) is 3.64. The summed E-state index contributed by atoms with van der Waals surface area (Å²) in [7, 11) is 0. The minimum Gasteiger partial charge on any atom is -0.466 e. The fourth-order valence-electron chi connectivity index (χ4n) is 4.85. The van der Waals surface area contributed by atoms with E-state index in [9.17, 15) is 9.18 Å². The molecule has 10 heteroatoms. The zero-order valence-electron chi connectivity index (χ0n) is 17.9. The zero-order valence-corrected chi connectivity index (χ0v) is 17.9. The molecule has 2 aromatic heterocycles. The lowest BCUT2D eigenvalue weighted by molar-refractivity contribution is -0.157. The topological polar surface area (TPSA) is 108 Å². The number of carbonyl (C=O) groups excluding carboxylic acids is 1. The van der Waals surface area contributed by atoms with E-state index in [1.54, 1.807) is 6.20 Å². The Morgan fingerprint density at radius 1 is 1.38 bits per heavy atom. The molecule has 3 aromatic rings. The van der Waals surface area contributed by atoms with Gasteiger partial charge >= 0.3 is 5.97 Å². The minimum absolute atomic E-state index is 0.0943. The van der Waals surface area contributed by atoms with Crippen molar-refractivity contribution in [3.63, 3.8) is 0 Å². The number of esters is 1. The quantitative estimate of drug-likeness (QED) is 0.521. The molecule has 0 radical (unpaired) electrons. The highest BCUT2D eigenvalue weighted by atomic mass is 19.1. The van der Waals surface area contributed by atoms with Crippen LogP contribution in [0.4, 0.5) is 21.8 Å². The lowest BCUT2D eigenvalue weighted by atomic mass is 9.74. The summed E-state index contributed by atoms with van der Waals surface area (Å²) in [5.74, 6) is -0.0752. The first kappa shape index (κ1) is 20.6. The normalized spacial score (nSPS) is 23.1. The van der Waals surface area contributed by atoms with Gasteiger partial charge in [-0.2, -0.15) is 10.1 Å². The number of benzene rings is 1. The number of carbonyl (C=O) groups is 1. The monoisotopic (exact) mass is 439 g/mol. The number of H-pyrrole nitrogens is 1. The average Bonchev–Trinajstić information content (AvgIpc) is 3.35. The largest absolute Gasteiger partial charge is 0.466 e. The van der Waals surface area contributed by atoms with E-state index in [1.165, 1.54) is 6.20 Å². The van der Waals surface area contributed by atoms with E-state index in [2.05, 4.69) is 30.8 Å². The lowest BCUT2D eigenvalue weighted by Gasteiger charge is -2.30. The van der Waals surface area contributed by atoms with Crippen molar-refractivity contribution >= 4 is 34.3 Å². The molecular weight excluding hydrogens is 413 g/mol. The van der Waals surface area contributed by atoms with E-state index in [1.807, 2.05) is 30.0 Å². The van der Waals surface area contributed by atoms with Crippen LogP contribution in [0.5, 0.6) is 0 Å². The summed E-state index contributed by atoms with van der Waals surface area (Å²) in [6.45, 7) is 4.89. The molecule has 1 aromatic carbocycles. The summed E-state index contributed by atoms with van der Waals surface area (Å²) in [5, 5.41) is 14.2. The van der Waals surface area contributed by atoms with Gasteiger partial charge in [-0.05, 0) is 57.0 Å². The van der Waals surface area contributed by atoms with Crippen molar-refractivity contribution in [2.24, 2.45) is 11.3 Å². The highest BCUT2D eigenvalue weighted by molar-refractivity contribution is 5.83. The van der Waals surface area contributed by atoms with Crippen LogP contribution in [0.3, 0.4) is 0 Å². The smallest absolute Gasteiger partial charge is 0.314 e. The molecule has 0 saturated carbocycles. The van der Waals surface area contributed by atoms with Gasteiger partial charge in [0, 0.05) is 24.2 Å². The van der Waals surface area contributed by atoms with Gasteiger partial charge in [0.1, 0.15) is 0 Å². The van der Waals surface area contributed by atoms with Crippen molar-refractivity contribution in [3.8, 4) is 0 Å². The van der Waals surface area contributed by atoms with Gasteiger partial charge in [0.15, 0.2) is 11.6 Å². The molecule has 168 valence electrons. The molecule has 0 aliphatic carbocycles. The standard InChI is InChI=1S/C22H26FN7O2/c1-2-32-20(31)22-6-8-24-7-5-15(22)12-30(13-22)21-25-11-17(23)19(28-21)27-16-3-4-18-14(9-16)10-26-29-18/h3-4,9-11,15,24H,2,5-8,12-13H2,1H3,(H,26,29)(H,25,27,28)/t15-,22-/m0/s1. The zero-order chi connectivity index (χ0) is 22.1. The molecule has 2 atom stereocenters. The number of aromatic amines is 1. The summed E-state index contributed by atoms with van der Waals surface area (Å²) in [6.07, 6.45) is 4.45. The Kier molecular flexibility index (Phi) is 5.38. The highest BCUT2D eigenvalue weighted by Gasteiger charge is 2.53. The number of aromatic nitrogens is 4. The molecule has 0 unspecified atom stereocenters. The first-order valence-electron chi connectivity index (χ1n) is 10.9. The Morgan fingerprint density at radius 3 is 3.16 bits per heavy atom. The minimum atomic E-state index is -0.600. The second-order valence-electron chi connectivity index (χ2n) is 8.41. The Labute approximate surface area is 184 Å². The number of fused-ring (bicyclic) bond motifs is 2. The van der Waals surface area contributed by atoms with Crippen LogP contribution in [0, 0.1) is 17.2 Å². The number of ether oxygens (including phenoxy) is 1. The molecule has 2 aliphatic rings. The van der Waals surface area contributed by atoms with Gasteiger partial charge < -0.3 is 20.3 Å². The van der Waals surface area contributed by atoms with Gasteiger partial charge in [0.25, 0.3) is 0 Å². The predicted molar refractivity (Wildman–Crippen MR) is 118 cm³/mol. The van der Waals surface area contributed by atoms with E-state index in [4.69, 9.17) is 4.74 Å². The molecule has 0 amide bonds. The fourth-order valence-corrected chi connectivity index (χ4v) is 4.85. The Balaban J connectivity index is 1.41. The molecule has 5 rings (SSSR count). The number of hydrogen-bond donors (Lipinski definition) is 3. The van der Waals surface area contributed by atoms with E-state index >= 15 is 0 Å². The van der Waals surface area contributed by atoms with Crippen molar-refractivity contribution in [2.75, 3.05) is 43.0 Å². The number of halogens is 1.